The van der Waals surface area contributed by atoms with Crippen LogP contribution in [0.1, 0.15) is 40.5 Å². The van der Waals surface area contributed by atoms with E-state index in [1.807, 2.05) is 13.8 Å². The summed E-state index contributed by atoms with van der Waals surface area (Å²) in [4.78, 5) is 0. The SMILES string of the molecule is C#CC(OP(=O)(OCC)OCC)C(Br)(CC)CC. The topological polar surface area (TPSA) is 44.8 Å². The number of alkyl halides is 1. The van der Waals surface area contributed by atoms with Crippen molar-refractivity contribution in [2.24, 2.45) is 0 Å². The van der Waals surface area contributed by atoms with Gasteiger partial charge in [-0.2, -0.15) is 0 Å². The smallest absolute Gasteiger partial charge is 0.287 e. The number of phosphoric ester groups is 1. The van der Waals surface area contributed by atoms with Gasteiger partial charge in [-0.25, -0.2) is 4.57 Å². The second-order valence-electron chi connectivity index (χ2n) is 3.68. The second kappa shape index (κ2) is 8.35. The standard InChI is InChI=1S/C12H22BrO4P/c1-6-11(12(13,7-2)8-3)17-18(14,15-9-4)16-10-5/h1,11H,7-10H2,2-5H3. The van der Waals surface area contributed by atoms with Crippen molar-refractivity contribution in [3.63, 3.8) is 0 Å². The van der Waals surface area contributed by atoms with E-state index in [2.05, 4.69) is 21.9 Å². The van der Waals surface area contributed by atoms with Gasteiger partial charge in [0.1, 0.15) is 6.10 Å². The Morgan fingerprint density at radius 2 is 1.67 bits per heavy atom. The van der Waals surface area contributed by atoms with Crippen LogP contribution in [0, 0.1) is 12.3 Å². The Morgan fingerprint density at radius 3 is 1.94 bits per heavy atom. The monoisotopic (exact) mass is 340 g/mol. The zero-order chi connectivity index (χ0) is 14.2. The Balaban J connectivity index is 4.99. The molecule has 0 radical (unpaired) electrons. The summed E-state index contributed by atoms with van der Waals surface area (Å²) in [7, 11) is -3.59. The number of hydrogen-bond acceptors (Lipinski definition) is 4. The fraction of sp³-hybridized carbons (Fsp3) is 0.833. The summed E-state index contributed by atoms with van der Waals surface area (Å²) in [6, 6.07) is 0. The van der Waals surface area contributed by atoms with Crippen molar-refractivity contribution in [3.8, 4) is 12.3 Å². The molecule has 0 heterocycles. The number of rotatable bonds is 9. The minimum absolute atomic E-state index is 0.238. The maximum absolute atomic E-state index is 12.3. The molecule has 0 aromatic carbocycles. The minimum Gasteiger partial charge on any atom is -0.287 e. The summed E-state index contributed by atoms with van der Waals surface area (Å²) >= 11 is 3.57. The molecule has 0 spiro atoms. The van der Waals surface area contributed by atoms with Crippen LogP contribution in [0.25, 0.3) is 0 Å². The largest absolute Gasteiger partial charge is 0.476 e. The van der Waals surface area contributed by atoms with E-state index in [1.54, 1.807) is 13.8 Å². The molecule has 0 aliphatic heterocycles. The molecule has 0 aromatic rings. The van der Waals surface area contributed by atoms with E-state index in [-0.39, 0.29) is 13.2 Å². The predicted octanol–water partition coefficient (Wildman–Crippen LogP) is 4.14. The van der Waals surface area contributed by atoms with Gasteiger partial charge in [0.2, 0.25) is 0 Å². The van der Waals surface area contributed by atoms with Crippen LogP contribution in [0.3, 0.4) is 0 Å². The van der Waals surface area contributed by atoms with Gasteiger partial charge in [0.15, 0.2) is 0 Å². The van der Waals surface area contributed by atoms with Gasteiger partial charge in [-0.15, -0.1) is 6.42 Å². The van der Waals surface area contributed by atoms with E-state index in [9.17, 15) is 4.57 Å². The molecule has 0 aromatic heterocycles. The summed E-state index contributed by atoms with van der Waals surface area (Å²) in [5.74, 6) is 2.52. The van der Waals surface area contributed by atoms with Crippen molar-refractivity contribution in [2.45, 2.75) is 51.0 Å². The summed E-state index contributed by atoms with van der Waals surface area (Å²) in [5.41, 5.74) is 0. The molecule has 0 amide bonds. The number of hydrogen-bond donors (Lipinski definition) is 0. The van der Waals surface area contributed by atoms with E-state index < -0.39 is 18.3 Å². The van der Waals surface area contributed by atoms with Crippen molar-refractivity contribution < 1.29 is 18.1 Å². The summed E-state index contributed by atoms with van der Waals surface area (Å²) in [5, 5.41) is 0. The normalized spacial score (nSPS) is 14.2. The lowest BCUT2D eigenvalue weighted by Gasteiger charge is -2.32. The Morgan fingerprint density at radius 1 is 1.22 bits per heavy atom. The first-order chi connectivity index (χ1) is 8.41. The predicted molar refractivity (Wildman–Crippen MR) is 76.8 cm³/mol. The molecule has 4 nitrogen and oxygen atoms in total. The zero-order valence-corrected chi connectivity index (χ0v) is 13.9. The first-order valence-corrected chi connectivity index (χ1v) is 8.39. The van der Waals surface area contributed by atoms with Crippen molar-refractivity contribution in [1.82, 2.24) is 0 Å². The van der Waals surface area contributed by atoms with Gasteiger partial charge in [0, 0.05) is 0 Å². The molecule has 6 heteroatoms. The molecule has 1 unspecified atom stereocenters. The molecule has 0 N–H and O–H groups in total. The van der Waals surface area contributed by atoms with E-state index in [0.29, 0.717) is 0 Å². The van der Waals surface area contributed by atoms with Crippen molar-refractivity contribution in [1.29, 1.82) is 0 Å². The first kappa shape index (κ1) is 18.1. The molecule has 0 rings (SSSR count). The van der Waals surface area contributed by atoms with Gasteiger partial charge in [0.05, 0.1) is 17.5 Å². The molecule has 106 valence electrons. The van der Waals surface area contributed by atoms with Crippen LogP contribution < -0.4 is 0 Å². The Hall–Kier alpha value is 0.150. The van der Waals surface area contributed by atoms with Crippen molar-refractivity contribution in [3.05, 3.63) is 0 Å². The third-order valence-corrected chi connectivity index (χ3v) is 5.76. The van der Waals surface area contributed by atoms with Gasteiger partial charge in [-0.1, -0.05) is 35.7 Å². The third kappa shape index (κ3) is 5.03. The maximum Gasteiger partial charge on any atom is 0.476 e. The van der Waals surface area contributed by atoms with Crippen LogP contribution in [0.2, 0.25) is 0 Å². The Bertz CT molecular complexity index is 313. The average molecular weight is 341 g/mol. The second-order valence-corrected chi connectivity index (χ2v) is 6.88. The first-order valence-electron chi connectivity index (χ1n) is 6.13. The Kier molecular flexibility index (Phi) is 8.42. The molecule has 0 saturated carbocycles. The average Bonchev–Trinajstić information content (AvgIpc) is 2.35. The molecule has 0 saturated heterocycles. The lowest BCUT2D eigenvalue weighted by molar-refractivity contribution is 0.0883. The van der Waals surface area contributed by atoms with Crippen LogP contribution in [0.15, 0.2) is 0 Å². The summed E-state index contributed by atoms with van der Waals surface area (Å²) < 4.78 is 27.5. The van der Waals surface area contributed by atoms with Gasteiger partial charge in [-0.05, 0) is 26.7 Å². The van der Waals surface area contributed by atoms with E-state index >= 15 is 0 Å². The highest BCUT2D eigenvalue weighted by Crippen LogP contribution is 2.52. The quantitative estimate of drug-likeness (QED) is 0.359. The van der Waals surface area contributed by atoms with Crippen LogP contribution >= 0.6 is 23.8 Å². The number of phosphoric acid groups is 1. The van der Waals surface area contributed by atoms with E-state index in [4.69, 9.17) is 20.0 Å². The van der Waals surface area contributed by atoms with Gasteiger partial charge >= 0.3 is 7.82 Å². The van der Waals surface area contributed by atoms with Crippen molar-refractivity contribution >= 4 is 23.8 Å². The lowest BCUT2D eigenvalue weighted by atomic mass is 9.97. The number of halogens is 1. The minimum atomic E-state index is -3.59. The maximum atomic E-state index is 12.3. The summed E-state index contributed by atoms with van der Waals surface area (Å²) in [6.07, 6.45) is 6.30. The highest BCUT2D eigenvalue weighted by Gasteiger charge is 2.39. The highest BCUT2D eigenvalue weighted by molar-refractivity contribution is 9.10. The summed E-state index contributed by atoms with van der Waals surface area (Å²) in [6.45, 7) is 7.89. The fourth-order valence-corrected chi connectivity index (χ4v) is 3.16. The van der Waals surface area contributed by atoms with Crippen LogP contribution in [0.5, 0.6) is 0 Å². The molecule has 18 heavy (non-hydrogen) atoms. The molecular weight excluding hydrogens is 319 g/mol. The molecule has 1 atom stereocenters. The lowest BCUT2D eigenvalue weighted by Crippen LogP contribution is -2.36. The van der Waals surface area contributed by atoms with Gasteiger partial charge in [-0.3, -0.25) is 13.6 Å². The Labute approximate surface area is 119 Å². The molecule has 0 aliphatic rings. The highest BCUT2D eigenvalue weighted by atomic mass is 79.9. The molecule has 0 fully saturated rings. The molecule has 0 bridgehead atoms. The van der Waals surface area contributed by atoms with Crippen LogP contribution in [-0.2, 0) is 18.1 Å². The fourth-order valence-electron chi connectivity index (χ4n) is 1.44. The number of terminal acetylenes is 1. The van der Waals surface area contributed by atoms with Crippen molar-refractivity contribution in [2.75, 3.05) is 13.2 Å². The van der Waals surface area contributed by atoms with E-state index in [0.717, 1.165) is 12.8 Å². The van der Waals surface area contributed by atoms with Crippen LogP contribution in [-0.4, -0.2) is 23.6 Å². The molecular formula is C12H22BrO4P. The van der Waals surface area contributed by atoms with Gasteiger partial charge < -0.3 is 0 Å². The van der Waals surface area contributed by atoms with E-state index in [1.165, 1.54) is 0 Å². The zero-order valence-electron chi connectivity index (χ0n) is 11.4. The van der Waals surface area contributed by atoms with Crippen LogP contribution in [0.4, 0.5) is 0 Å². The molecule has 0 aliphatic carbocycles. The van der Waals surface area contributed by atoms with Gasteiger partial charge in [0.25, 0.3) is 0 Å². The third-order valence-electron chi connectivity index (χ3n) is 2.61.